The summed E-state index contributed by atoms with van der Waals surface area (Å²) in [4.78, 5) is 17.7. The highest BCUT2D eigenvalue weighted by atomic mass is 16.5. The van der Waals surface area contributed by atoms with E-state index in [1.165, 1.54) is 16.7 Å². The van der Waals surface area contributed by atoms with Crippen molar-refractivity contribution in [1.82, 2.24) is 15.1 Å². The molecule has 1 heterocycles. The second-order valence-corrected chi connectivity index (χ2v) is 9.60. The van der Waals surface area contributed by atoms with Gasteiger partial charge in [0.15, 0.2) is 0 Å². The molecule has 0 unspecified atom stereocenters. The van der Waals surface area contributed by atoms with Crippen molar-refractivity contribution in [3.8, 4) is 5.75 Å². The number of nitrogens with one attached hydrogen (secondary N) is 1. The quantitative estimate of drug-likeness (QED) is 0.622. The van der Waals surface area contributed by atoms with Gasteiger partial charge in [-0.3, -0.25) is 0 Å². The number of rotatable bonds is 8. The maximum absolute atomic E-state index is 13.3. The first-order chi connectivity index (χ1) is 15.3. The van der Waals surface area contributed by atoms with E-state index in [0.717, 1.165) is 37.2 Å². The minimum absolute atomic E-state index is 0.0136. The molecule has 2 aromatic carbocycles. The van der Waals surface area contributed by atoms with Crippen molar-refractivity contribution in [1.29, 1.82) is 0 Å². The molecule has 0 spiro atoms. The van der Waals surface area contributed by atoms with Gasteiger partial charge in [-0.25, -0.2) is 4.79 Å². The number of ether oxygens (including phenoxy) is 1. The van der Waals surface area contributed by atoms with Gasteiger partial charge in [0.25, 0.3) is 0 Å². The SMILES string of the molecule is Cc1ccc(CN(C(=O)NCc2ccc(OCC(C)C)cc2)C2CCN(C)CC2)c(C)c1. The van der Waals surface area contributed by atoms with Gasteiger partial charge >= 0.3 is 6.03 Å². The number of likely N-dealkylation sites (tertiary alicyclic amines) is 1. The Labute approximate surface area is 193 Å². The standard InChI is InChI=1S/C27H39N3O2/c1-20(2)19-32-26-10-7-23(8-11-26)17-28-27(31)30(25-12-14-29(5)15-13-25)18-24-9-6-21(3)16-22(24)4/h6-11,16,20,25H,12-15,17-19H2,1-5H3,(H,28,31). The number of carbonyl (C=O) groups excluding carboxylic acids is 1. The summed E-state index contributed by atoms with van der Waals surface area (Å²) in [5.41, 5.74) is 4.79. The Hall–Kier alpha value is -2.53. The van der Waals surface area contributed by atoms with Gasteiger partial charge in [0.05, 0.1) is 6.61 Å². The molecule has 1 N–H and O–H groups in total. The largest absolute Gasteiger partial charge is 0.493 e. The van der Waals surface area contributed by atoms with Gasteiger partial charge in [-0.1, -0.05) is 49.7 Å². The molecule has 174 valence electrons. The zero-order chi connectivity index (χ0) is 23.1. The molecule has 1 aliphatic rings. The lowest BCUT2D eigenvalue weighted by Gasteiger charge is -2.37. The van der Waals surface area contributed by atoms with E-state index >= 15 is 0 Å². The average Bonchev–Trinajstić information content (AvgIpc) is 2.77. The van der Waals surface area contributed by atoms with Gasteiger partial charge in [-0.15, -0.1) is 0 Å². The van der Waals surface area contributed by atoms with Crippen LogP contribution in [0.3, 0.4) is 0 Å². The number of amides is 2. The van der Waals surface area contributed by atoms with Crippen LogP contribution in [0.5, 0.6) is 5.75 Å². The fraction of sp³-hybridized carbons (Fsp3) is 0.519. The molecule has 1 fully saturated rings. The molecule has 0 saturated carbocycles. The summed E-state index contributed by atoms with van der Waals surface area (Å²) in [6.07, 6.45) is 2.02. The lowest BCUT2D eigenvalue weighted by molar-refractivity contribution is 0.127. The molecule has 0 atom stereocenters. The Bertz CT molecular complexity index is 871. The van der Waals surface area contributed by atoms with E-state index < -0.39 is 0 Å². The molecular weight excluding hydrogens is 398 g/mol. The summed E-state index contributed by atoms with van der Waals surface area (Å²) in [6.45, 7) is 12.4. The smallest absolute Gasteiger partial charge is 0.318 e. The van der Waals surface area contributed by atoms with E-state index in [1.807, 2.05) is 29.2 Å². The fourth-order valence-electron chi connectivity index (χ4n) is 4.13. The van der Waals surface area contributed by atoms with E-state index in [0.29, 0.717) is 25.6 Å². The third kappa shape index (κ3) is 6.99. The van der Waals surface area contributed by atoms with Gasteiger partial charge in [-0.2, -0.15) is 0 Å². The first-order valence-electron chi connectivity index (χ1n) is 11.8. The Morgan fingerprint density at radius 1 is 1.12 bits per heavy atom. The molecule has 2 aromatic rings. The van der Waals surface area contributed by atoms with Crippen LogP contribution in [0, 0.1) is 19.8 Å². The number of aryl methyl sites for hydroxylation is 2. The summed E-state index contributed by atoms with van der Waals surface area (Å²) < 4.78 is 5.76. The van der Waals surface area contributed by atoms with Crippen LogP contribution in [0.1, 0.15) is 48.9 Å². The number of piperidine rings is 1. The highest BCUT2D eigenvalue weighted by molar-refractivity contribution is 5.74. The van der Waals surface area contributed by atoms with Crippen LogP contribution in [-0.4, -0.2) is 48.6 Å². The second kappa shape index (κ2) is 11.4. The van der Waals surface area contributed by atoms with E-state index in [2.05, 4.69) is 63.2 Å². The Balaban J connectivity index is 1.65. The van der Waals surface area contributed by atoms with E-state index in [-0.39, 0.29) is 12.1 Å². The molecule has 0 aliphatic carbocycles. The summed E-state index contributed by atoms with van der Waals surface area (Å²) in [5.74, 6) is 1.37. The minimum Gasteiger partial charge on any atom is -0.493 e. The van der Waals surface area contributed by atoms with Crippen molar-refractivity contribution >= 4 is 6.03 Å². The van der Waals surface area contributed by atoms with Crippen LogP contribution < -0.4 is 10.1 Å². The number of urea groups is 1. The molecule has 0 bridgehead atoms. The molecular formula is C27H39N3O2. The summed E-state index contributed by atoms with van der Waals surface area (Å²) >= 11 is 0. The number of hydrogen-bond donors (Lipinski definition) is 1. The predicted octanol–water partition coefficient (Wildman–Crippen LogP) is 5.14. The van der Waals surface area contributed by atoms with Crippen LogP contribution in [0.25, 0.3) is 0 Å². The highest BCUT2D eigenvalue weighted by Gasteiger charge is 2.27. The molecule has 5 heteroatoms. The Morgan fingerprint density at radius 3 is 2.44 bits per heavy atom. The third-order valence-corrected chi connectivity index (χ3v) is 6.18. The highest BCUT2D eigenvalue weighted by Crippen LogP contribution is 2.21. The number of benzene rings is 2. The summed E-state index contributed by atoms with van der Waals surface area (Å²) in [7, 11) is 2.15. The minimum atomic E-state index is 0.0136. The van der Waals surface area contributed by atoms with E-state index in [1.54, 1.807) is 0 Å². The van der Waals surface area contributed by atoms with Crippen LogP contribution in [-0.2, 0) is 13.1 Å². The zero-order valence-electron chi connectivity index (χ0n) is 20.4. The van der Waals surface area contributed by atoms with Crippen molar-refractivity contribution in [2.45, 2.75) is 59.7 Å². The van der Waals surface area contributed by atoms with Crippen molar-refractivity contribution in [2.24, 2.45) is 5.92 Å². The van der Waals surface area contributed by atoms with Crippen molar-refractivity contribution < 1.29 is 9.53 Å². The topological polar surface area (TPSA) is 44.8 Å². The fourth-order valence-corrected chi connectivity index (χ4v) is 4.13. The molecule has 1 aliphatic heterocycles. The molecule has 2 amide bonds. The molecule has 0 radical (unpaired) electrons. The molecule has 1 saturated heterocycles. The second-order valence-electron chi connectivity index (χ2n) is 9.60. The summed E-state index contributed by atoms with van der Waals surface area (Å²) in [5, 5.41) is 3.16. The lowest BCUT2D eigenvalue weighted by Crippen LogP contribution is -2.49. The van der Waals surface area contributed by atoms with Crippen LogP contribution >= 0.6 is 0 Å². The third-order valence-electron chi connectivity index (χ3n) is 6.18. The van der Waals surface area contributed by atoms with Crippen molar-refractivity contribution in [2.75, 3.05) is 26.7 Å². The normalized spacial score (nSPS) is 15.1. The monoisotopic (exact) mass is 437 g/mol. The Morgan fingerprint density at radius 2 is 1.81 bits per heavy atom. The van der Waals surface area contributed by atoms with E-state index in [9.17, 15) is 4.79 Å². The number of nitrogens with zero attached hydrogens (tertiary/aromatic N) is 2. The van der Waals surface area contributed by atoms with Gasteiger partial charge < -0.3 is 19.9 Å². The van der Waals surface area contributed by atoms with Gasteiger partial charge in [0.1, 0.15) is 5.75 Å². The van der Waals surface area contributed by atoms with E-state index in [4.69, 9.17) is 4.74 Å². The van der Waals surface area contributed by atoms with Gasteiger partial charge in [0, 0.05) is 19.1 Å². The zero-order valence-corrected chi connectivity index (χ0v) is 20.4. The van der Waals surface area contributed by atoms with Gasteiger partial charge in [-0.05, 0) is 81.6 Å². The van der Waals surface area contributed by atoms with Gasteiger partial charge in [0.2, 0.25) is 0 Å². The molecule has 3 rings (SSSR count). The van der Waals surface area contributed by atoms with Crippen LogP contribution in [0.4, 0.5) is 4.79 Å². The number of hydrogen-bond acceptors (Lipinski definition) is 3. The molecule has 32 heavy (non-hydrogen) atoms. The predicted molar refractivity (Wildman–Crippen MR) is 131 cm³/mol. The first-order valence-corrected chi connectivity index (χ1v) is 11.8. The maximum Gasteiger partial charge on any atom is 0.318 e. The molecule has 5 nitrogen and oxygen atoms in total. The van der Waals surface area contributed by atoms with Crippen LogP contribution in [0.2, 0.25) is 0 Å². The van der Waals surface area contributed by atoms with Crippen molar-refractivity contribution in [3.63, 3.8) is 0 Å². The average molecular weight is 438 g/mol. The lowest BCUT2D eigenvalue weighted by atomic mass is 10.0. The van der Waals surface area contributed by atoms with Crippen molar-refractivity contribution in [3.05, 3.63) is 64.7 Å². The Kier molecular flexibility index (Phi) is 8.57. The first kappa shape index (κ1) is 24.1. The molecule has 0 aromatic heterocycles. The summed E-state index contributed by atoms with van der Waals surface area (Å²) in [6, 6.07) is 14.8. The number of carbonyl (C=O) groups is 1. The maximum atomic E-state index is 13.3. The van der Waals surface area contributed by atoms with Crippen LogP contribution in [0.15, 0.2) is 42.5 Å².